The van der Waals surface area contributed by atoms with Crippen molar-refractivity contribution in [3.8, 4) is 11.5 Å². The summed E-state index contributed by atoms with van der Waals surface area (Å²) in [5.74, 6) is 1.08. The van der Waals surface area contributed by atoms with E-state index in [1.165, 1.54) is 0 Å². The van der Waals surface area contributed by atoms with E-state index in [2.05, 4.69) is 12.1 Å². The minimum Gasteiger partial charge on any atom is -0.507 e. The quantitative estimate of drug-likeness (QED) is 0.649. The summed E-state index contributed by atoms with van der Waals surface area (Å²) >= 11 is 0. The molecule has 0 fully saturated rings. The summed E-state index contributed by atoms with van der Waals surface area (Å²) in [5.41, 5.74) is 1.14. The average Bonchev–Trinajstić information content (AvgIpc) is 2.40. The standard InChI is InChI=1S/C16H14O2/c1-10-3-4-11-8-12-5-6-13(18-2)9-15(12)16(17)14(11)7-10/h3-9,17H,1-2H3. The number of phenolic OH excluding ortho intramolecular Hbond substituents is 1. The third-order valence-corrected chi connectivity index (χ3v) is 3.29. The Morgan fingerprint density at radius 1 is 0.889 bits per heavy atom. The normalized spacial score (nSPS) is 11.0. The van der Waals surface area contributed by atoms with Crippen molar-refractivity contribution in [2.24, 2.45) is 0 Å². The lowest BCUT2D eigenvalue weighted by atomic mass is 10.0. The molecule has 0 amide bonds. The first-order valence-electron chi connectivity index (χ1n) is 5.89. The molecule has 0 saturated heterocycles. The van der Waals surface area contributed by atoms with E-state index in [1.807, 2.05) is 37.3 Å². The van der Waals surface area contributed by atoms with Gasteiger partial charge in [-0.2, -0.15) is 0 Å². The largest absolute Gasteiger partial charge is 0.507 e. The van der Waals surface area contributed by atoms with Crippen molar-refractivity contribution in [3.05, 3.63) is 48.0 Å². The molecule has 0 aliphatic heterocycles. The molecule has 2 nitrogen and oxygen atoms in total. The summed E-state index contributed by atoms with van der Waals surface area (Å²) in [6.45, 7) is 2.02. The molecule has 3 rings (SSSR count). The predicted molar refractivity (Wildman–Crippen MR) is 74.4 cm³/mol. The van der Waals surface area contributed by atoms with Crippen LogP contribution in [0.3, 0.4) is 0 Å². The lowest BCUT2D eigenvalue weighted by Gasteiger charge is -2.08. The molecule has 0 bridgehead atoms. The van der Waals surface area contributed by atoms with Gasteiger partial charge < -0.3 is 9.84 Å². The third-order valence-electron chi connectivity index (χ3n) is 3.29. The van der Waals surface area contributed by atoms with Crippen LogP contribution in [0.25, 0.3) is 21.5 Å². The number of ether oxygens (including phenoxy) is 1. The number of benzene rings is 3. The molecule has 2 heteroatoms. The van der Waals surface area contributed by atoms with Crippen LogP contribution >= 0.6 is 0 Å². The number of aryl methyl sites for hydroxylation is 1. The Kier molecular flexibility index (Phi) is 2.37. The van der Waals surface area contributed by atoms with Crippen molar-refractivity contribution in [1.29, 1.82) is 0 Å². The van der Waals surface area contributed by atoms with Gasteiger partial charge in [0.2, 0.25) is 0 Å². The zero-order valence-electron chi connectivity index (χ0n) is 10.4. The van der Waals surface area contributed by atoms with Crippen molar-refractivity contribution in [1.82, 2.24) is 0 Å². The highest BCUT2D eigenvalue weighted by molar-refractivity contribution is 6.05. The van der Waals surface area contributed by atoms with Crippen LogP contribution in [0.1, 0.15) is 5.56 Å². The van der Waals surface area contributed by atoms with Gasteiger partial charge in [0.15, 0.2) is 0 Å². The zero-order valence-corrected chi connectivity index (χ0v) is 10.4. The molecular formula is C16H14O2. The predicted octanol–water partition coefficient (Wildman–Crippen LogP) is 4.02. The Balaban J connectivity index is 2.45. The molecule has 0 radical (unpaired) electrons. The molecule has 0 atom stereocenters. The summed E-state index contributed by atoms with van der Waals surface area (Å²) < 4.78 is 5.20. The molecule has 3 aromatic rings. The van der Waals surface area contributed by atoms with Crippen molar-refractivity contribution in [2.75, 3.05) is 7.11 Å². The van der Waals surface area contributed by atoms with E-state index in [9.17, 15) is 5.11 Å². The fraction of sp³-hybridized carbons (Fsp3) is 0.125. The van der Waals surface area contributed by atoms with E-state index in [4.69, 9.17) is 4.74 Å². The highest BCUT2D eigenvalue weighted by atomic mass is 16.5. The molecule has 0 unspecified atom stereocenters. The third kappa shape index (κ3) is 1.58. The summed E-state index contributed by atoms with van der Waals surface area (Å²) in [5, 5.41) is 14.2. The average molecular weight is 238 g/mol. The monoisotopic (exact) mass is 238 g/mol. The number of rotatable bonds is 1. The second-order valence-corrected chi connectivity index (χ2v) is 4.54. The van der Waals surface area contributed by atoms with Gasteiger partial charge in [-0.3, -0.25) is 0 Å². The second kappa shape index (κ2) is 3.91. The number of aromatic hydroxyl groups is 1. The highest BCUT2D eigenvalue weighted by Gasteiger charge is 2.07. The van der Waals surface area contributed by atoms with Crippen molar-refractivity contribution < 1.29 is 9.84 Å². The topological polar surface area (TPSA) is 29.5 Å². The van der Waals surface area contributed by atoms with Crippen molar-refractivity contribution in [3.63, 3.8) is 0 Å². The zero-order chi connectivity index (χ0) is 12.7. The summed E-state index contributed by atoms with van der Waals surface area (Å²) in [6.07, 6.45) is 0. The fourth-order valence-electron chi connectivity index (χ4n) is 2.31. The number of hydrogen-bond acceptors (Lipinski definition) is 2. The Morgan fingerprint density at radius 2 is 1.56 bits per heavy atom. The van der Waals surface area contributed by atoms with Gasteiger partial charge in [0.1, 0.15) is 11.5 Å². The maximum atomic E-state index is 10.4. The van der Waals surface area contributed by atoms with E-state index in [0.717, 1.165) is 32.9 Å². The van der Waals surface area contributed by atoms with Crippen LogP contribution in [0.4, 0.5) is 0 Å². The van der Waals surface area contributed by atoms with E-state index in [-0.39, 0.29) is 0 Å². The van der Waals surface area contributed by atoms with E-state index in [0.29, 0.717) is 5.75 Å². The summed E-state index contributed by atoms with van der Waals surface area (Å²) in [7, 11) is 1.63. The van der Waals surface area contributed by atoms with Gasteiger partial charge in [-0.25, -0.2) is 0 Å². The summed E-state index contributed by atoms with van der Waals surface area (Å²) in [6, 6.07) is 13.9. The molecule has 0 aromatic heterocycles. The summed E-state index contributed by atoms with van der Waals surface area (Å²) in [4.78, 5) is 0. The van der Waals surface area contributed by atoms with Gasteiger partial charge in [-0.05, 0) is 42.0 Å². The van der Waals surface area contributed by atoms with Gasteiger partial charge in [-0.15, -0.1) is 0 Å². The molecule has 0 aliphatic rings. The smallest absolute Gasteiger partial charge is 0.131 e. The molecular weight excluding hydrogens is 224 g/mol. The second-order valence-electron chi connectivity index (χ2n) is 4.54. The van der Waals surface area contributed by atoms with Crippen LogP contribution in [-0.4, -0.2) is 12.2 Å². The Bertz CT molecular complexity index is 745. The Labute approximate surface area is 105 Å². The molecule has 18 heavy (non-hydrogen) atoms. The number of phenols is 1. The van der Waals surface area contributed by atoms with Gasteiger partial charge in [-0.1, -0.05) is 23.8 Å². The van der Waals surface area contributed by atoms with Gasteiger partial charge in [0.05, 0.1) is 7.11 Å². The number of methoxy groups -OCH3 is 1. The molecule has 1 N–H and O–H groups in total. The van der Waals surface area contributed by atoms with Crippen molar-refractivity contribution >= 4 is 21.5 Å². The number of fused-ring (bicyclic) bond motifs is 2. The first-order valence-corrected chi connectivity index (χ1v) is 5.89. The van der Waals surface area contributed by atoms with Crippen LogP contribution in [0.5, 0.6) is 11.5 Å². The van der Waals surface area contributed by atoms with E-state index >= 15 is 0 Å². The Morgan fingerprint density at radius 3 is 2.28 bits per heavy atom. The first kappa shape index (κ1) is 10.9. The molecule has 0 aliphatic carbocycles. The maximum absolute atomic E-state index is 10.4. The van der Waals surface area contributed by atoms with Gasteiger partial charge in [0, 0.05) is 10.8 Å². The molecule has 0 spiro atoms. The molecule has 3 aromatic carbocycles. The SMILES string of the molecule is COc1ccc2cc3ccc(C)cc3c(O)c2c1. The van der Waals surface area contributed by atoms with Crippen LogP contribution in [0, 0.1) is 6.92 Å². The molecule has 0 heterocycles. The van der Waals surface area contributed by atoms with Gasteiger partial charge >= 0.3 is 0 Å². The molecule has 0 saturated carbocycles. The van der Waals surface area contributed by atoms with Gasteiger partial charge in [0.25, 0.3) is 0 Å². The first-order chi connectivity index (χ1) is 8.69. The maximum Gasteiger partial charge on any atom is 0.131 e. The van der Waals surface area contributed by atoms with Crippen molar-refractivity contribution in [2.45, 2.75) is 6.92 Å². The van der Waals surface area contributed by atoms with Crippen LogP contribution in [0.15, 0.2) is 42.5 Å². The van der Waals surface area contributed by atoms with Crippen LogP contribution in [-0.2, 0) is 0 Å². The molecule has 90 valence electrons. The minimum absolute atomic E-state index is 0.324. The highest BCUT2D eigenvalue weighted by Crippen LogP contribution is 2.36. The van der Waals surface area contributed by atoms with E-state index < -0.39 is 0 Å². The fourth-order valence-corrected chi connectivity index (χ4v) is 2.31. The Hall–Kier alpha value is -2.22. The van der Waals surface area contributed by atoms with Crippen LogP contribution in [0.2, 0.25) is 0 Å². The van der Waals surface area contributed by atoms with Crippen LogP contribution < -0.4 is 4.74 Å². The van der Waals surface area contributed by atoms with E-state index in [1.54, 1.807) is 7.11 Å². The lowest BCUT2D eigenvalue weighted by molar-refractivity contribution is 0.415. The lowest BCUT2D eigenvalue weighted by Crippen LogP contribution is -1.84. The number of hydrogen-bond donors (Lipinski definition) is 1. The minimum atomic E-state index is 0.324.